The first-order chi connectivity index (χ1) is 14.1. The first-order valence-electron chi connectivity index (χ1n) is 10.5. The van der Waals surface area contributed by atoms with Crippen LogP contribution in [0.5, 0.6) is 0 Å². The highest BCUT2D eigenvalue weighted by Gasteiger charge is 2.28. The molecular formula is C21H26N4O3S. The SMILES string of the molecule is O=C(Nc1c2c(cc3c1CCC3)CCC2)NS(=O)c1ccn(C2CCCC2O)n1. The van der Waals surface area contributed by atoms with Crippen LogP contribution in [0.15, 0.2) is 23.4 Å². The van der Waals surface area contributed by atoms with Crippen LogP contribution < -0.4 is 10.0 Å². The number of nitrogens with one attached hydrogen (secondary N) is 2. The maximum atomic E-state index is 12.6. The lowest BCUT2D eigenvalue weighted by Gasteiger charge is -2.16. The van der Waals surface area contributed by atoms with E-state index in [1.54, 1.807) is 16.9 Å². The number of carbonyl (C=O) groups excluding carboxylic acids is 1. The van der Waals surface area contributed by atoms with Crippen molar-refractivity contribution >= 4 is 22.7 Å². The minimum Gasteiger partial charge on any atom is -0.391 e. The van der Waals surface area contributed by atoms with Gasteiger partial charge in [-0.1, -0.05) is 6.07 Å². The van der Waals surface area contributed by atoms with Crippen LogP contribution in [0, 0.1) is 0 Å². The molecule has 29 heavy (non-hydrogen) atoms. The van der Waals surface area contributed by atoms with Crippen molar-refractivity contribution in [3.8, 4) is 0 Å². The highest BCUT2D eigenvalue weighted by Crippen LogP contribution is 2.38. The van der Waals surface area contributed by atoms with Crippen LogP contribution >= 0.6 is 0 Å². The standard InChI is InChI=1S/C21H26N4O3S/c26-18-9-3-8-17(18)25-11-10-19(23-25)29(28)24-21(27)22-20-15-6-1-4-13(15)12-14-5-2-7-16(14)20/h10-12,17-18,26H,1-9H2,(H2,22,24,27). The van der Waals surface area contributed by atoms with Gasteiger partial charge in [0.2, 0.25) is 0 Å². The molecule has 8 heteroatoms. The predicted molar refractivity (Wildman–Crippen MR) is 110 cm³/mol. The average molecular weight is 415 g/mol. The van der Waals surface area contributed by atoms with E-state index in [4.69, 9.17) is 0 Å². The largest absolute Gasteiger partial charge is 0.391 e. The summed E-state index contributed by atoms with van der Waals surface area (Å²) in [5.74, 6) is 0. The van der Waals surface area contributed by atoms with Gasteiger partial charge >= 0.3 is 6.03 Å². The fraction of sp³-hybridized carbons (Fsp3) is 0.524. The van der Waals surface area contributed by atoms with Gasteiger partial charge < -0.3 is 10.4 Å². The number of aryl methyl sites for hydroxylation is 2. The summed E-state index contributed by atoms with van der Waals surface area (Å²) >= 11 is 0. The zero-order valence-corrected chi connectivity index (χ0v) is 17.1. The van der Waals surface area contributed by atoms with Crippen molar-refractivity contribution in [2.24, 2.45) is 0 Å². The van der Waals surface area contributed by atoms with E-state index in [-0.39, 0.29) is 6.04 Å². The van der Waals surface area contributed by atoms with Gasteiger partial charge in [0.15, 0.2) is 16.0 Å². The Morgan fingerprint density at radius 3 is 2.48 bits per heavy atom. The van der Waals surface area contributed by atoms with Crippen LogP contribution in [0.25, 0.3) is 0 Å². The van der Waals surface area contributed by atoms with E-state index >= 15 is 0 Å². The molecule has 0 spiro atoms. The van der Waals surface area contributed by atoms with Gasteiger partial charge in [-0.2, -0.15) is 5.10 Å². The third kappa shape index (κ3) is 3.48. The average Bonchev–Trinajstić information content (AvgIpc) is 3.47. The molecule has 7 nitrogen and oxygen atoms in total. The van der Waals surface area contributed by atoms with Gasteiger partial charge in [0.25, 0.3) is 0 Å². The second kappa shape index (κ2) is 7.57. The van der Waals surface area contributed by atoms with Crippen molar-refractivity contribution in [3.63, 3.8) is 0 Å². The van der Waals surface area contributed by atoms with Crippen LogP contribution in [0.4, 0.5) is 10.5 Å². The van der Waals surface area contributed by atoms with Crippen molar-refractivity contribution in [2.75, 3.05) is 5.32 Å². The Hall–Kier alpha value is -2.19. The van der Waals surface area contributed by atoms with E-state index in [1.807, 2.05) is 0 Å². The van der Waals surface area contributed by atoms with Gasteiger partial charge in [-0.25, -0.2) is 9.00 Å². The summed E-state index contributed by atoms with van der Waals surface area (Å²) in [4.78, 5) is 12.6. The molecule has 3 N–H and O–H groups in total. The maximum absolute atomic E-state index is 12.6. The van der Waals surface area contributed by atoms with Crippen molar-refractivity contribution in [1.29, 1.82) is 0 Å². The third-order valence-corrected chi connectivity index (χ3v) is 7.42. The minimum absolute atomic E-state index is 0.0796. The quantitative estimate of drug-likeness (QED) is 0.717. The number of nitrogens with zero attached hydrogens (tertiary/aromatic N) is 2. The molecule has 3 atom stereocenters. The lowest BCUT2D eigenvalue weighted by molar-refractivity contribution is 0.129. The van der Waals surface area contributed by atoms with Crippen LogP contribution in [0.1, 0.15) is 60.4 Å². The van der Waals surface area contributed by atoms with E-state index < -0.39 is 23.1 Å². The summed E-state index contributed by atoms with van der Waals surface area (Å²) in [6.45, 7) is 0. The maximum Gasteiger partial charge on any atom is 0.331 e. The molecule has 1 aromatic carbocycles. The zero-order valence-electron chi connectivity index (χ0n) is 16.3. The van der Waals surface area contributed by atoms with Gasteiger partial charge in [-0.05, 0) is 86.1 Å². The van der Waals surface area contributed by atoms with E-state index in [1.165, 1.54) is 22.3 Å². The van der Waals surface area contributed by atoms with E-state index in [2.05, 4.69) is 21.2 Å². The molecule has 0 radical (unpaired) electrons. The van der Waals surface area contributed by atoms with Gasteiger partial charge in [-0.15, -0.1) is 0 Å². The molecule has 2 aromatic rings. The molecule has 3 unspecified atom stereocenters. The number of urea groups is 1. The summed E-state index contributed by atoms with van der Waals surface area (Å²) in [6, 6.07) is 3.41. The molecule has 1 fully saturated rings. The Labute approximate surface area is 172 Å². The summed E-state index contributed by atoms with van der Waals surface area (Å²) in [6.07, 6.45) is 10.2. The highest BCUT2D eigenvalue weighted by atomic mass is 32.2. The molecule has 154 valence electrons. The summed E-state index contributed by atoms with van der Waals surface area (Å²) in [5, 5.41) is 17.7. The number of benzene rings is 1. The predicted octanol–water partition coefficient (Wildman–Crippen LogP) is 2.79. The molecular weight excluding hydrogens is 388 g/mol. The van der Waals surface area contributed by atoms with Crippen LogP contribution in [-0.4, -0.2) is 31.2 Å². The fourth-order valence-electron chi connectivity index (χ4n) is 5.08. The van der Waals surface area contributed by atoms with Gasteiger partial charge in [0, 0.05) is 11.9 Å². The Morgan fingerprint density at radius 2 is 1.83 bits per heavy atom. The Bertz CT molecular complexity index is 954. The summed E-state index contributed by atoms with van der Waals surface area (Å²) in [5.41, 5.74) is 6.10. The number of aromatic nitrogens is 2. The Morgan fingerprint density at radius 1 is 1.10 bits per heavy atom. The van der Waals surface area contributed by atoms with Crippen molar-refractivity contribution in [2.45, 2.75) is 75.0 Å². The highest BCUT2D eigenvalue weighted by molar-refractivity contribution is 7.83. The second-order valence-electron chi connectivity index (χ2n) is 8.26. The van der Waals surface area contributed by atoms with Crippen LogP contribution in [0.3, 0.4) is 0 Å². The first kappa shape index (κ1) is 18.8. The van der Waals surface area contributed by atoms with Crippen molar-refractivity contribution in [3.05, 3.63) is 40.6 Å². The van der Waals surface area contributed by atoms with Crippen molar-refractivity contribution < 1.29 is 14.1 Å². The van der Waals surface area contributed by atoms with Gasteiger partial charge in [0.1, 0.15) is 0 Å². The van der Waals surface area contributed by atoms with Gasteiger partial charge in [0.05, 0.1) is 12.1 Å². The molecule has 3 aliphatic rings. The number of carbonyl (C=O) groups is 1. The molecule has 0 bridgehead atoms. The van der Waals surface area contributed by atoms with Crippen LogP contribution in [-0.2, 0) is 36.7 Å². The smallest absolute Gasteiger partial charge is 0.331 e. The number of rotatable bonds is 4. The molecule has 0 saturated heterocycles. The van der Waals surface area contributed by atoms with E-state index in [0.29, 0.717) is 5.03 Å². The fourth-order valence-corrected chi connectivity index (χ4v) is 5.75. The zero-order chi connectivity index (χ0) is 20.0. The second-order valence-corrected chi connectivity index (χ2v) is 9.42. The molecule has 3 aliphatic carbocycles. The van der Waals surface area contributed by atoms with Gasteiger partial charge in [-0.3, -0.25) is 9.40 Å². The molecule has 1 saturated carbocycles. The Balaban J connectivity index is 1.30. The van der Waals surface area contributed by atoms with Crippen molar-refractivity contribution in [1.82, 2.24) is 14.5 Å². The summed E-state index contributed by atoms with van der Waals surface area (Å²) in [7, 11) is -1.75. The third-order valence-electron chi connectivity index (χ3n) is 6.45. The first-order valence-corrected chi connectivity index (χ1v) is 11.6. The number of hydrogen-bond acceptors (Lipinski definition) is 4. The normalized spacial score (nSPS) is 23.6. The lowest BCUT2D eigenvalue weighted by atomic mass is 9.99. The summed E-state index contributed by atoms with van der Waals surface area (Å²) < 4.78 is 16.8. The number of fused-ring (bicyclic) bond motifs is 2. The minimum atomic E-state index is -1.75. The van der Waals surface area contributed by atoms with Crippen LogP contribution in [0.2, 0.25) is 0 Å². The number of aliphatic hydroxyl groups excluding tert-OH is 1. The lowest BCUT2D eigenvalue weighted by Crippen LogP contribution is -2.31. The van der Waals surface area contributed by atoms with E-state index in [0.717, 1.165) is 63.5 Å². The molecule has 1 aromatic heterocycles. The monoisotopic (exact) mass is 414 g/mol. The number of amides is 2. The molecule has 0 aliphatic heterocycles. The Kier molecular flexibility index (Phi) is 4.91. The number of hydrogen-bond donors (Lipinski definition) is 3. The molecule has 1 heterocycles. The topological polar surface area (TPSA) is 96.2 Å². The number of aliphatic hydroxyl groups is 1. The number of anilines is 1. The van der Waals surface area contributed by atoms with E-state index in [9.17, 15) is 14.1 Å². The molecule has 5 rings (SSSR count). The molecule has 2 amide bonds.